The number of hydrogen-bond donors (Lipinski definition) is 2. The Morgan fingerprint density at radius 2 is 1.96 bits per heavy atom. The van der Waals surface area contributed by atoms with Gasteiger partial charge < -0.3 is 16.0 Å². The number of anilines is 4. The van der Waals surface area contributed by atoms with Gasteiger partial charge in [-0.25, -0.2) is 4.98 Å². The zero-order valence-electron chi connectivity index (χ0n) is 14.3. The Hall–Kier alpha value is -3.40. The summed E-state index contributed by atoms with van der Waals surface area (Å²) in [6, 6.07) is 11.0. The predicted octanol–water partition coefficient (Wildman–Crippen LogP) is 3.21. The van der Waals surface area contributed by atoms with Gasteiger partial charge in [-0.2, -0.15) is 10.2 Å². The number of piperidine rings is 1. The maximum Gasteiger partial charge on any atom is 0.229 e. The van der Waals surface area contributed by atoms with E-state index in [0.29, 0.717) is 22.9 Å². The highest BCUT2D eigenvalue weighted by Crippen LogP contribution is 2.27. The number of nitrogens with one attached hydrogen (secondary N) is 1. The van der Waals surface area contributed by atoms with Crippen LogP contribution in [0.5, 0.6) is 0 Å². The van der Waals surface area contributed by atoms with E-state index in [0.717, 1.165) is 42.8 Å². The Morgan fingerprint density at radius 3 is 2.77 bits per heavy atom. The highest BCUT2D eigenvalue weighted by Gasteiger charge is 2.18. The van der Waals surface area contributed by atoms with Crippen LogP contribution in [-0.2, 0) is 0 Å². The highest BCUT2D eigenvalue weighted by atomic mass is 15.2. The van der Waals surface area contributed by atoms with Gasteiger partial charge in [0.1, 0.15) is 5.52 Å². The van der Waals surface area contributed by atoms with E-state index in [1.165, 1.54) is 6.42 Å². The summed E-state index contributed by atoms with van der Waals surface area (Å²) >= 11 is 0. The molecule has 3 aromatic rings. The first-order chi connectivity index (χ1) is 12.7. The Labute approximate surface area is 151 Å². The fourth-order valence-electron chi connectivity index (χ4n) is 3.25. The number of nitrogen functional groups attached to an aromatic ring is 1. The number of nitriles is 1. The molecule has 3 N–H and O–H groups in total. The molecule has 1 aromatic carbocycles. The monoisotopic (exact) mass is 345 g/mol. The lowest BCUT2D eigenvalue weighted by atomic mass is 10.1. The molecule has 1 fully saturated rings. The van der Waals surface area contributed by atoms with Crippen molar-refractivity contribution in [2.24, 2.45) is 0 Å². The van der Waals surface area contributed by atoms with Crippen LogP contribution in [0.2, 0.25) is 0 Å². The second kappa shape index (κ2) is 6.84. The van der Waals surface area contributed by atoms with E-state index < -0.39 is 0 Å². The second-order valence-electron chi connectivity index (χ2n) is 6.37. The van der Waals surface area contributed by atoms with Crippen molar-refractivity contribution < 1.29 is 0 Å². The zero-order valence-corrected chi connectivity index (χ0v) is 14.3. The number of hydrogen-bond acceptors (Lipinski definition) is 7. The molecule has 1 aliphatic heterocycles. The Balaban J connectivity index is 1.76. The molecule has 1 aliphatic rings. The van der Waals surface area contributed by atoms with Crippen LogP contribution in [0.4, 0.5) is 23.1 Å². The number of rotatable bonds is 3. The predicted molar refractivity (Wildman–Crippen MR) is 102 cm³/mol. The van der Waals surface area contributed by atoms with Gasteiger partial charge in [-0.1, -0.05) is 0 Å². The number of nitrogens with two attached hydrogens (primary N) is 1. The van der Waals surface area contributed by atoms with Gasteiger partial charge >= 0.3 is 0 Å². The molecular weight excluding hydrogens is 326 g/mol. The van der Waals surface area contributed by atoms with Crippen LogP contribution in [0.15, 0.2) is 36.5 Å². The minimum Gasteiger partial charge on any atom is -0.399 e. The van der Waals surface area contributed by atoms with Crippen molar-refractivity contribution >= 4 is 34.2 Å². The fourth-order valence-corrected chi connectivity index (χ4v) is 3.25. The van der Waals surface area contributed by atoms with Gasteiger partial charge in [-0.3, -0.25) is 4.98 Å². The van der Waals surface area contributed by atoms with Gasteiger partial charge in [0.2, 0.25) is 5.95 Å². The first kappa shape index (κ1) is 16.1. The summed E-state index contributed by atoms with van der Waals surface area (Å²) < 4.78 is 0. The van der Waals surface area contributed by atoms with E-state index in [1.807, 2.05) is 12.1 Å². The van der Waals surface area contributed by atoms with Gasteiger partial charge in [-0.15, -0.1) is 0 Å². The lowest BCUT2D eigenvalue weighted by Crippen LogP contribution is -2.30. The van der Waals surface area contributed by atoms with E-state index in [2.05, 4.69) is 26.3 Å². The molecule has 26 heavy (non-hydrogen) atoms. The molecular formula is C19H19N7. The third kappa shape index (κ3) is 3.22. The fraction of sp³-hybridized carbons (Fsp3) is 0.263. The van der Waals surface area contributed by atoms with Crippen LogP contribution >= 0.6 is 0 Å². The normalized spacial score (nSPS) is 14.2. The van der Waals surface area contributed by atoms with Gasteiger partial charge in [-0.05, 0) is 49.6 Å². The van der Waals surface area contributed by atoms with Crippen LogP contribution in [-0.4, -0.2) is 28.0 Å². The van der Waals surface area contributed by atoms with E-state index in [1.54, 1.807) is 24.4 Å². The number of fused-ring (bicyclic) bond motifs is 1. The van der Waals surface area contributed by atoms with Gasteiger partial charge in [0.25, 0.3) is 0 Å². The quantitative estimate of drug-likeness (QED) is 0.702. The number of aromatic nitrogens is 3. The Kier molecular flexibility index (Phi) is 4.23. The average Bonchev–Trinajstić information content (AvgIpc) is 2.67. The minimum atomic E-state index is 0.473. The molecule has 3 heterocycles. The van der Waals surface area contributed by atoms with Crippen LogP contribution in [0.1, 0.15) is 24.8 Å². The van der Waals surface area contributed by atoms with E-state index in [4.69, 9.17) is 16.0 Å². The molecule has 0 radical (unpaired) electrons. The second-order valence-corrected chi connectivity index (χ2v) is 6.37. The van der Waals surface area contributed by atoms with Crippen molar-refractivity contribution in [3.63, 3.8) is 0 Å². The standard InChI is InChI=1S/C19H19N7/c20-12-13-9-14(21)11-15(10-13)23-19-24-16-5-4-6-22-17(16)18(25-19)26-7-2-1-3-8-26/h4-6,9-11H,1-3,7-8,21H2,(H,23,24,25). The summed E-state index contributed by atoms with van der Waals surface area (Å²) in [5.74, 6) is 1.32. The largest absolute Gasteiger partial charge is 0.399 e. The average molecular weight is 345 g/mol. The highest BCUT2D eigenvalue weighted by molar-refractivity contribution is 5.87. The van der Waals surface area contributed by atoms with Crippen LogP contribution in [0.3, 0.4) is 0 Å². The number of benzene rings is 1. The van der Waals surface area contributed by atoms with Gasteiger partial charge in [0.15, 0.2) is 5.82 Å². The summed E-state index contributed by atoms with van der Waals surface area (Å²) in [5.41, 5.74) is 9.17. The molecule has 0 aliphatic carbocycles. The van der Waals surface area contributed by atoms with Gasteiger partial charge in [0.05, 0.1) is 17.1 Å². The molecule has 0 spiro atoms. The third-order valence-electron chi connectivity index (χ3n) is 4.43. The van der Waals surface area contributed by atoms with Crippen molar-refractivity contribution in [1.29, 1.82) is 5.26 Å². The summed E-state index contributed by atoms with van der Waals surface area (Å²) in [6.07, 6.45) is 5.32. The van der Waals surface area contributed by atoms with Gasteiger partial charge in [0, 0.05) is 30.7 Å². The Morgan fingerprint density at radius 1 is 1.12 bits per heavy atom. The number of nitrogens with zero attached hydrogens (tertiary/aromatic N) is 5. The summed E-state index contributed by atoms with van der Waals surface area (Å²) in [6.45, 7) is 1.94. The molecule has 7 nitrogen and oxygen atoms in total. The maximum atomic E-state index is 9.13. The molecule has 0 saturated carbocycles. The first-order valence-corrected chi connectivity index (χ1v) is 8.68. The van der Waals surface area contributed by atoms with E-state index >= 15 is 0 Å². The SMILES string of the molecule is N#Cc1cc(N)cc(Nc2nc(N3CCCCC3)c3ncccc3n2)c1. The molecule has 1 saturated heterocycles. The maximum absolute atomic E-state index is 9.13. The summed E-state index contributed by atoms with van der Waals surface area (Å²) in [7, 11) is 0. The number of pyridine rings is 1. The van der Waals surface area contributed by atoms with Crippen LogP contribution in [0.25, 0.3) is 11.0 Å². The molecule has 0 amide bonds. The van der Waals surface area contributed by atoms with Crippen LogP contribution in [0, 0.1) is 11.3 Å². The van der Waals surface area contributed by atoms with Crippen molar-refractivity contribution in [3.8, 4) is 6.07 Å². The van der Waals surface area contributed by atoms with Crippen molar-refractivity contribution in [3.05, 3.63) is 42.1 Å². The lowest BCUT2D eigenvalue weighted by molar-refractivity contribution is 0.574. The molecule has 7 heteroatoms. The molecule has 2 aromatic heterocycles. The summed E-state index contributed by atoms with van der Waals surface area (Å²) in [5, 5.41) is 12.3. The Bertz CT molecular complexity index is 987. The molecule has 0 unspecified atom stereocenters. The van der Waals surface area contributed by atoms with Crippen LogP contribution < -0.4 is 16.0 Å². The van der Waals surface area contributed by atoms with Crippen molar-refractivity contribution in [2.45, 2.75) is 19.3 Å². The molecule has 4 rings (SSSR count). The molecule has 0 atom stereocenters. The zero-order chi connectivity index (χ0) is 17.9. The smallest absolute Gasteiger partial charge is 0.229 e. The molecule has 0 bridgehead atoms. The minimum absolute atomic E-state index is 0.473. The third-order valence-corrected chi connectivity index (χ3v) is 4.43. The topological polar surface area (TPSA) is 104 Å². The van der Waals surface area contributed by atoms with E-state index in [-0.39, 0.29) is 0 Å². The van der Waals surface area contributed by atoms with Crippen molar-refractivity contribution in [2.75, 3.05) is 29.0 Å². The molecule has 130 valence electrons. The first-order valence-electron chi connectivity index (χ1n) is 8.68. The summed E-state index contributed by atoms with van der Waals surface area (Å²) in [4.78, 5) is 16.1. The lowest BCUT2D eigenvalue weighted by Gasteiger charge is -2.28. The van der Waals surface area contributed by atoms with Crippen molar-refractivity contribution in [1.82, 2.24) is 15.0 Å². The van der Waals surface area contributed by atoms with E-state index in [9.17, 15) is 0 Å².